The summed E-state index contributed by atoms with van der Waals surface area (Å²) in [7, 11) is 0. The van der Waals surface area contributed by atoms with Crippen LogP contribution in [0.1, 0.15) is 19.3 Å². The topological polar surface area (TPSA) is 36.4 Å². The summed E-state index contributed by atoms with van der Waals surface area (Å²) in [6, 6.07) is 7.54. The molecular weight excluding hydrogens is 282 g/mol. The monoisotopic (exact) mass is 299 g/mol. The number of nitrogens with zero attached hydrogens (tertiary/aromatic N) is 3. The van der Waals surface area contributed by atoms with Gasteiger partial charge in [0, 0.05) is 42.3 Å². The Labute approximate surface area is 127 Å². The standard InChI is InChI=1S/C16H17N3OS/c20-16(10-1-2-10)19-9-13-5-14(19)8-18(13)12-4-3-11-7-17-21-15(11)6-12/h3-4,6-7,10,13-14H,1-2,5,8-9H2/t13-,14-/m0/s1. The zero-order valence-electron chi connectivity index (χ0n) is 11.7. The fraction of sp³-hybridized carbons (Fsp3) is 0.500. The maximum atomic E-state index is 12.3. The Morgan fingerprint density at radius 1 is 1.24 bits per heavy atom. The van der Waals surface area contributed by atoms with E-state index in [0.29, 0.717) is 23.9 Å². The van der Waals surface area contributed by atoms with E-state index in [0.717, 1.165) is 32.4 Å². The molecule has 3 fully saturated rings. The first-order chi connectivity index (χ1) is 10.3. The van der Waals surface area contributed by atoms with Gasteiger partial charge in [0.2, 0.25) is 5.91 Å². The molecular formula is C16H17N3OS. The van der Waals surface area contributed by atoms with Gasteiger partial charge in [0.1, 0.15) is 0 Å². The molecule has 1 aliphatic carbocycles. The zero-order valence-corrected chi connectivity index (χ0v) is 12.6. The number of hydrogen-bond acceptors (Lipinski definition) is 4. The smallest absolute Gasteiger partial charge is 0.226 e. The zero-order chi connectivity index (χ0) is 14.0. The molecule has 1 saturated carbocycles. The number of carbonyl (C=O) groups is 1. The molecule has 2 atom stereocenters. The highest BCUT2D eigenvalue weighted by molar-refractivity contribution is 7.13. The summed E-state index contributed by atoms with van der Waals surface area (Å²) in [6.07, 6.45) is 5.28. The van der Waals surface area contributed by atoms with Gasteiger partial charge in [-0.05, 0) is 49.0 Å². The first-order valence-electron chi connectivity index (χ1n) is 7.71. The lowest BCUT2D eigenvalue weighted by atomic mass is 10.2. The number of likely N-dealkylation sites (tertiary alicyclic amines) is 1. The summed E-state index contributed by atoms with van der Waals surface area (Å²) >= 11 is 1.56. The molecule has 3 aliphatic rings. The van der Waals surface area contributed by atoms with E-state index in [9.17, 15) is 4.79 Å². The van der Waals surface area contributed by atoms with E-state index in [1.54, 1.807) is 11.5 Å². The number of aromatic nitrogens is 1. The van der Waals surface area contributed by atoms with Gasteiger partial charge in [-0.25, -0.2) is 0 Å². The fourth-order valence-electron chi connectivity index (χ4n) is 3.85. The second-order valence-corrected chi connectivity index (χ2v) is 7.34. The maximum Gasteiger partial charge on any atom is 0.226 e. The lowest BCUT2D eigenvalue weighted by molar-refractivity contribution is -0.133. The van der Waals surface area contributed by atoms with Crippen molar-refractivity contribution in [3.63, 3.8) is 0 Å². The van der Waals surface area contributed by atoms with Gasteiger partial charge in [0.15, 0.2) is 0 Å². The van der Waals surface area contributed by atoms with Crippen LogP contribution in [0.2, 0.25) is 0 Å². The van der Waals surface area contributed by atoms with Gasteiger partial charge in [-0.2, -0.15) is 4.37 Å². The Morgan fingerprint density at radius 3 is 2.90 bits per heavy atom. The molecule has 5 rings (SSSR count). The van der Waals surface area contributed by atoms with Crippen LogP contribution in [-0.4, -0.2) is 40.4 Å². The molecule has 5 heteroatoms. The molecule has 2 aliphatic heterocycles. The van der Waals surface area contributed by atoms with E-state index in [2.05, 4.69) is 32.4 Å². The average Bonchev–Trinajstić information content (AvgIpc) is 2.96. The summed E-state index contributed by atoms with van der Waals surface area (Å²) in [4.78, 5) is 16.9. The van der Waals surface area contributed by atoms with Crippen LogP contribution in [-0.2, 0) is 4.79 Å². The Hall–Kier alpha value is -1.62. The van der Waals surface area contributed by atoms with Crippen molar-refractivity contribution in [1.82, 2.24) is 9.27 Å². The number of piperazine rings is 1. The lowest BCUT2D eigenvalue weighted by Crippen LogP contribution is -2.49. The van der Waals surface area contributed by atoms with E-state index in [1.165, 1.54) is 15.8 Å². The molecule has 3 heterocycles. The molecule has 2 aromatic rings. The molecule has 1 amide bonds. The van der Waals surface area contributed by atoms with Crippen molar-refractivity contribution in [2.45, 2.75) is 31.3 Å². The van der Waals surface area contributed by atoms with Gasteiger partial charge in [0.05, 0.1) is 10.7 Å². The second-order valence-electron chi connectivity index (χ2n) is 6.51. The molecule has 1 aromatic carbocycles. The number of benzene rings is 1. The highest BCUT2D eigenvalue weighted by Crippen LogP contribution is 2.39. The first kappa shape index (κ1) is 12.0. The Balaban J connectivity index is 1.39. The predicted molar refractivity (Wildman–Crippen MR) is 83.6 cm³/mol. The van der Waals surface area contributed by atoms with Gasteiger partial charge in [-0.3, -0.25) is 4.79 Å². The van der Waals surface area contributed by atoms with Crippen molar-refractivity contribution >= 4 is 33.2 Å². The summed E-state index contributed by atoms with van der Waals surface area (Å²) < 4.78 is 5.50. The molecule has 108 valence electrons. The number of carbonyl (C=O) groups excluding carboxylic acids is 1. The third-order valence-electron chi connectivity index (χ3n) is 5.12. The summed E-state index contributed by atoms with van der Waals surface area (Å²) in [5.74, 6) is 0.770. The summed E-state index contributed by atoms with van der Waals surface area (Å²) in [5.41, 5.74) is 1.29. The average molecular weight is 299 g/mol. The normalized spacial score (nSPS) is 27.8. The van der Waals surface area contributed by atoms with E-state index < -0.39 is 0 Å². The Kier molecular flexibility index (Phi) is 2.39. The van der Waals surface area contributed by atoms with Crippen LogP contribution in [0.3, 0.4) is 0 Å². The Morgan fingerprint density at radius 2 is 2.14 bits per heavy atom. The van der Waals surface area contributed by atoms with Crippen LogP contribution >= 0.6 is 11.5 Å². The molecule has 0 N–H and O–H groups in total. The molecule has 4 nitrogen and oxygen atoms in total. The molecule has 0 radical (unpaired) electrons. The van der Waals surface area contributed by atoms with Crippen LogP contribution in [0.5, 0.6) is 0 Å². The van der Waals surface area contributed by atoms with Gasteiger partial charge in [-0.15, -0.1) is 0 Å². The van der Waals surface area contributed by atoms with Crippen LogP contribution in [0.4, 0.5) is 5.69 Å². The minimum absolute atomic E-state index is 0.353. The molecule has 2 bridgehead atoms. The number of hydrogen-bond donors (Lipinski definition) is 0. The third-order valence-corrected chi connectivity index (χ3v) is 5.88. The van der Waals surface area contributed by atoms with Gasteiger partial charge in [0.25, 0.3) is 0 Å². The number of anilines is 1. The van der Waals surface area contributed by atoms with E-state index in [-0.39, 0.29) is 0 Å². The van der Waals surface area contributed by atoms with Gasteiger partial charge in [-0.1, -0.05) is 0 Å². The largest absolute Gasteiger partial charge is 0.365 e. The quantitative estimate of drug-likeness (QED) is 0.855. The second kappa shape index (κ2) is 4.19. The fourth-order valence-corrected chi connectivity index (χ4v) is 4.52. The molecule has 2 saturated heterocycles. The summed E-state index contributed by atoms with van der Waals surface area (Å²) in [5, 5.41) is 1.22. The lowest BCUT2D eigenvalue weighted by Gasteiger charge is -2.35. The van der Waals surface area contributed by atoms with Crippen LogP contribution in [0.25, 0.3) is 10.1 Å². The summed E-state index contributed by atoms with van der Waals surface area (Å²) in [6.45, 7) is 1.91. The van der Waals surface area contributed by atoms with Crippen molar-refractivity contribution in [1.29, 1.82) is 0 Å². The van der Waals surface area contributed by atoms with Gasteiger partial charge < -0.3 is 9.80 Å². The highest BCUT2D eigenvalue weighted by atomic mass is 32.1. The van der Waals surface area contributed by atoms with Crippen LogP contribution < -0.4 is 4.90 Å². The highest BCUT2D eigenvalue weighted by Gasteiger charge is 2.48. The van der Waals surface area contributed by atoms with Crippen molar-refractivity contribution < 1.29 is 4.79 Å². The molecule has 0 unspecified atom stereocenters. The van der Waals surface area contributed by atoms with Crippen molar-refractivity contribution in [3.8, 4) is 0 Å². The minimum atomic E-state index is 0.353. The predicted octanol–water partition coefficient (Wildman–Crippen LogP) is 2.50. The number of amides is 1. The Bertz CT molecular complexity index is 723. The molecule has 1 aromatic heterocycles. The van der Waals surface area contributed by atoms with Crippen molar-refractivity contribution in [3.05, 3.63) is 24.4 Å². The van der Waals surface area contributed by atoms with Crippen LogP contribution in [0.15, 0.2) is 24.4 Å². The van der Waals surface area contributed by atoms with Crippen molar-refractivity contribution in [2.24, 2.45) is 5.92 Å². The SMILES string of the molecule is O=C(C1CC1)N1C[C@@H]2C[C@H]1CN2c1ccc2cnsc2c1. The van der Waals surface area contributed by atoms with E-state index >= 15 is 0 Å². The molecule has 21 heavy (non-hydrogen) atoms. The van der Waals surface area contributed by atoms with Crippen LogP contribution in [0, 0.1) is 5.92 Å². The van der Waals surface area contributed by atoms with E-state index in [1.807, 2.05) is 6.20 Å². The number of rotatable bonds is 2. The van der Waals surface area contributed by atoms with Crippen molar-refractivity contribution in [2.75, 3.05) is 18.0 Å². The van der Waals surface area contributed by atoms with Gasteiger partial charge >= 0.3 is 0 Å². The maximum absolute atomic E-state index is 12.3. The van der Waals surface area contributed by atoms with E-state index in [4.69, 9.17) is 0 Å². The minimum Gasteiger partial charge on any atom is -0.365 e. The molecule has 0 spiro atoms. The third kappa shape index (κ3) is 1.80. The first-order valence-corrected chi connectivity index (χ1v) is 8.48. The number of fused-ring (bicyclic) bond motifs is 3.